The van der Waals surface area contributed by atoms with Crippen molar-refractivity contribution in [1.29, 1.82) is 0 Å². The molecule has 0 aliphatic heterocycles. The van der Waals surface area contributed by atoms with Gasteiger partial charge in [-0.05, 0) is 50.8 Å². The number of carbonyl (C=O) groups excluding carboxylic acids is 1. The summed E-state index contributed by atoms with van der Waals surface area (Å²) in [7, 11) is 4.59. The zero-order valence-corrected chi connectivity index (χ0v) is 21.5. The van der Waals surface area contributed by atoms with Crippen LogP contribution in [0.2, 0.25) is 0 Å². The van der Waals surface area contributed by atoms with Crippen LogP contribution in [0.3, 0.4) is 0 Å². The normalized spacial score (nSPS) is 11.7. The Bertz CT molecular complexity index is 853. The van der Waals surface area contributed by atoms with Gasteiger partial charge in [-0.15, -0.1) is 0 Å². The van der Waals surface area contributed by atoms with Gasteiger partial charge in [0.1, 0.15) is 28.6 Å². The number of benzene rings is 2. The van der Waals surface area contributed by atoms with Crippen molar-refractivity contribution in [3.8, 4) is 23.0 Å². The van der Waals surface area contributed by atoms with E-state index in [9.17, 15) is 4.79 Å². The van der Waals surface area contributed by atoms with Gasteiger partial charge in [-0.25, -0.2) is 0 Å². The van der Waals surface area contributed by atoms with Crippen LogP contribution in [0.15, 0.2) is 30.3 Å². The first-order chi connectivity index (χ1) is 15.0. The number of unbranched alkanes of at least 4 members (excludes halogenated alkanes) is 1. The smallest absolute Gasteiger partial charge is 1.00 e. The van der Waals surface area contributed by atoms with Crippen LogP contribution in [0, 0.1) is 12.8 Å². The summed E-state index contributed by atoms with van der Waals surface area (Å²) >= 11 is 0. The number of methoxy groups -OCH3 is 3. The van der Waals surface area contributed by atoms with Gasteiger partial charge in [0.2, 0.25) is 0 Å². The maximum atomic E-state index is 13.1. The SMILES string of the molecule is CCCCC(CC)COc1ccc(PC(=O)c2c(OC)cc(OC)cc2OC)c(C)c1.[H-].[Li+]. The van der Waals surface area contributed by atoms with Gasteiger partial charge in [0.25, 0.3) is 0 Å². The van der Waals surface area contributed by atoms with Gasteiger partial charge in [-0.1, -0.05) is 39.2 Å². The molecule has 0 fully saturated rings. The Labute approximate surface area is 208 Å². The van der Waals surface area contributed by atoms with Crippen LogP contribution in [0.25, 0.3) is 0 Å². The molecule has 2 rings (SSSR count). The summed E-state index contributed by atoms with van der Waals surface area (Å²) in [6.07, 6.45) is 4.77. The van der Waals surface area contributed by atoms with Crippen molar-refractivity contribution >= 4 is 19.4 Å². The van der Waals surface area contributed by atoms with Crippen LogP contribution in [0.4, 0.5) is 0 Å². The Morgan fingerprint density at radius 3 is 2.16 bits per heavy atom. The van der Waals surface area contributed by atoms with Gasteiger partial charge >= 0.3 is 18.9 Å². The van der Waals surface area contributed by atoms with E-state index >= 15 is 0 Å². The second kappa shape index (κ2) is 14.5. The number of rotatable bonds is 13. The molecule has 5 nitrogen and oxygen atoms in total. The summed E-state index contributed by atoms with van der Waals surface area (Å²) in [6, 6.07) is 9.36. The topological polar surface area (TPSA) is 54.0 Å². The molecule has 172 valence electrons. The predicted molar refractivity (Wildman–Crippen MR) is 129 cm³/mol. The molecule has 0 aliphatic carbocycles. The molecule has 0 bridgehead atoms. The fourth-order valence-corrected chi connectivity index (χ4v) is 4.44. The minimum atomic E-state index is -0.0507. The number of aryl methyl sites for hydroxylation is 1. The monoisotopic (exact) mass is 454 g/mol. The average Bonchev–Trinajstić information content (AvgIpc) is 2.79. The van der Waals surface area contributed by atoms with E-state index in [0.29, 0.717) is 28.7 Å². The van der Waals surface area contributed by atoms with E-state index in [2.05, 4.69) is 13.8 Å². The van der Waals surface area contributed by atoms with Crippen LogP contribution in [-0.4, -0.2) is 33.5 Å². The molecule has 0 saturated carbocycles. The summed E-state index contributed by atoms with van der Waals surface area (Å²) in [4.78, 5) is 13.1. The van der Waals surface area contributed by atoms with Crippen LogP contribution < -0.4 is 43.1 Å². The molecule has 0 spiro atoms. The van der Waals surface area contributed by atoms with Crippen molar-refractivity contribution in [3.05, 3.63) is 41.5 Å². The van der Waals surface area contributed by atoms with E-state index < -0.39 is 0 Å². The van der Waals surface area contributed by atoms with E-state index in [1.165, 1.54) is 33.5 Å². The molecule has 32 heavy (non-hydrogen) atoms. The van der Waals surface area contributed by atoms with E-state index in [4.69, 9.17) is 18.9 Å². The van der Waals surface area contributed by atoms with Crippen LogP contribution >= 0.6 is 8.58 Å². The zero-order valence-electron chi connectivity index (χ0n) is 21.5. The molecule has 2 aromatic carbocycles. The Hall–Kier alpha value is -1.66. The van der Waals surface area contributed by atoms with Crippen LogP contribution in [-0.2, 0) is 0 Å². The quantitative estimate of drug-likeness (QED) is 0.344. The van der Waals surface area contributed by atoms with E-state index in [0.717, 1.165) is 29.6 Å². The second-order valence-corrected chi connectivity index (χ2v) is 8.81. The summed E-state index contributed by atoms with van der Waals surface area (Å²) in [5.41, 5.74) is 1.43. The third kappa shape index (κ3) is 7.73. The summed E-state index contributed by atoms with van der Waals surface area (Å²) in [5.74, 6) is 2.91. The Morgan fingerprint density at radius 2 is 1.66 bits per heavy atom. The molecular weight excluding hydrogens is 418 g/mol. The predicted octanol–water partition coefficient (Wildman–Crippen LogP) is 2.88. The molecule has 0 N–H and O–H groups in total. The van der Waals surface area contributed by atoms with E-state index in [1.807, 2.05) is 25.1 Å². The molecule has 0 radical (unpaired) electrons. The molecule has 0 aliphatic rings. The van der Waals surface area contributed by atoms with Crippen molar-refractivity contribution in [2.75, 3.05) is 27.9 Å². The first-order valence-corrected chi connectivity index (χ1v) is 11.8. The molecule has 2 aromatic rings. The zero-order chi connectivity index (χ0) is 22.8. The minimum Gasteiger partial charge on any atom is -1.00 e. The van der Waals surface area contributed by atoms with Gasteiger partial charge < -0.3 is 20.4 Å². The van der Waals surface area contributed by atoms with Gasteiger partial charge in [-0.2, -0.15) is 0 Å². The van der Waals surface area contributed by atoms with Gasteiger partial charge in [0.05, 0.1) is 27.9 Å². The maximum Gasteiger partial charge on any atom is 1.00 e. The number of ether oxygens (including phenoxy) is 4. The molecule has 0 aromatic heterocycles. The first kappa shape index (κ1) is 28.4. The van der Waals surface area contributed by atoms with Gasteiger partial charge in [-0.3, -0.25) is 4.79 Å². The maximum absolute atomic E-state index is 13.1. The van der Waals surface area contributed by atoms with Crippen molar-refractivity contribution in [1.82, 2.24) is 0 Å². The number of hydrogen-bond donors (Lipinski definition) is 0. The molecule has 2 atom stereocenters. The fraction of sp³-hybridized carbons (Fsp3) is 0.480. The van der Waals surface area contributed by atoms with Gasteiger partial charge in [0, 0.05) is 12.1 Å². The standard InChI is InChI=1S/C25H35O5P.Li.H/c1-7-9-10-18(8-2)16-30-19-11-12-23(17(3)13-19)31-25(26)24-21(28-5)14-20(27-4)15-22(24)29-6;;/h11-15,18,31H,7-10,16H2,1-6H3;;/q;+1;-1. The summed E-state index contributed by atoms with van der Waals surface area (Å²) in [6.45, 7) is 7.18. The van der Waals surface area contributed by atoms with Crippen LogP contribution in [0.5, 0.6) is 23.0 Å². The Morgan fingerprint density at radius 1 is 1.00 bits per heavy atom. The molecule has 0 saturated heterocycles. The van der Waals surface area contributed by atoms with E-state index in [1.54, 1.807) is 19.2 Å². The van der Waals surface area contributed by atoms with Gasteiger partial charge in [0.15, 0.2) is 5.52 Å². The fourth-order valence-electron chi connectivity index (χ4n) is 3.39. The summed E-state index contributed by atoms with van der Waals surface area (Å²) in [5, 5.41) is 0.982. The van der Waals surface area contributed by atoms with Crippen molar-refractivity contribution in [3.63, 3.8) is 0 Å². The largest absolute Gasteiger partial charge is 1.00 e. The molecule has 0 heterocycles. The first-order valence-electron chi connectivity index (χ1n) is 10.8. The molecule has 2 unspecified atom stereocenters. The Balaban J connectivity index is 0.00000512. The number of hydrogen-bond acceptors (Lipinski definition) is 5. The Kier molecular flexibility index (Phi) is 12.8. The minimum absolute atomic E-state index is 0. The average molecular weight is 454 g/mol. The number of carbonyl (C=O) groups is 1. The molecule has 0 amide bonds. The van der Waals surface area contributed by atoms with E-state index in [-0.39, 0.29) is 34.4 Å². The molecule has 7 heteroatoms. The third-order valence-electron chi connectivity index (χ3n) is 5.42. The third-order valence-corrected chi connectivity index (χ3v) is 6.72. The second-order valence-electron chi connectivity index (χ2n) is 7.57. The van der Waals surface area contributed by atoms with Crippen molar-refractivity contribution < 1.29 is 44.0 Å². The molecular formula is C25H36LiO5P. The summed E-state index contributed by atoms with van der Waals surface area (Å²) < 4.78 is 22.2. The van der Waals surface area contributed by atoms with Crippen molar-refractivity contribution in [2.45, 2.75) is 46.5 Å². The van der Waals surface area contributed by atoms with Crippen molar-refractivity contribution in [2.24, 2.45) is 5.92 Å². The van der Waals surface area contributed by atoms with Crippen LogP contribution in [0.1, 0.15) is 56.9 Å².